The molecule has 82 valence electrons. The smallest absolute Gasteiger partial charge is 0.123 e. The van der Waals surface area contributed by atoms with Gasteiger partial charge in [0.1, 0.15) is 11.6 Å². The molecule has 0 aliphatic carbocycles. The van der Waals surface area contributed by atoms with Crippen LogP contribution in [0.5, 0.6) is 5.75 Å². The molecule has 1 nitrogen and oxygen atoms in total. The summed E-state index contributed by atoms with van der Waals surface area (Å²) in [5.74, 6) is 0.0558. The number of benzene rings is 2. The molecule has 0 aliphatic rings. The second kappa shape index (κ2) is 3.97. The van der Waals surface area contributed by atoms with Crippen molar-refractivity contribution in [2.75, 3.05) is 0 Å². The zero-order chi connectivity index (χ0) is 11.7. The van der Waals surface area contributed by atoms with Gasteiger partial charge in [-0.1, -0.05) is 12.1 Å². The molecule has 2 aromatic carbocycles. The minimum absolute atomic E-state index is 0.225. The molecule has 2 rings (SSSR count). The van der Waals surface area contributed by atoms with Crippen LogP contribution in [0.25, 0.3) is 11.1 Å². The molecule has 0 aliphatic heterocycles. The Morgan fingerprint density at radius 3 is 2.31 bits per heavy atom. The summed E-state index contributed by atoms with van der Waals surface area (Å²) in [6.07, 6.45) is 0. The van der Waals surface area contributed by atoms with Gasteiger partial charge in [0.25, 0.3) is 0 Å². The predicted octanol–water partition coefficient (Wildman–Crippen LogP) is 3.82. The van der Waals surface area contributed by atoms with E-state index in [1.807, 2.05) is 26.0 Å². The van der Waals surface area contributed by atoms with Gasteiger partial charge in [-0.2, -0.15) is 0 Å². The molecular formula is C14H13FO. The van der Waals surface area contributed by atoms with Gasteiger partial charge < -0.3 is 5.11 Å². The van der Waals surface area contributed by atoms with E-state index in [9.17, 15) is 9.50 Å². The summed E-state index contributed by atoms with van der Waals surface area (Å²) in [6.45, 7) is 3.72. The average molecular weight is 216 g/mol. The lowest BCUT2D eigenvalue weighted by atomic mass is 9.99. The van der Waals surface area contributed by atoms with E-state index >= 15 is 0 Å². The fourth-order valence-electron chi connectivity index (χ4n) is 1.77. The maximum absolute atomic E-state index is 13.0. The molecule has 0 unspecified atom stereocenters. The molecule has 16 heavy (non-hydrogen) atoms. The van der Waals surface area contributed by atoms with Gasteiger partial charge in [0.15, 0.2) is 0 Å². The van der Waals surface area contributed by atoms with Crippen LogP contribution < -0.4 is 0 Å². The van der Waals surface area contributed by atoms with Crippen molar-refractivity contribution in [3.05, 3.63) is 53.3 Å². The maximum Gasteiger partial charge on any atom is 0.123 e. The summed E-state index contributed by atoms with van der Waals surface area (Å²) in [7, 11) is 0. The largest absolute Gasteiger partial charge is 0.508 e. The highest BCUT2D eigenvalue weighted by Gasteiger charge is 2.04. The second-order valence-corrected chi connectivity index (χ2v) is 3.96. The third-order valence-electron chi connectivity index (χ3n) is 2.70. The molecule has 2 aromatic rings. The van der Waals surface area contributed by atoms with Crippen LogP contribution in [0.1, 0.15) is 11.1 Å². The Morgan fingerprint density at radius 2 is 1.69 bits per heavy atom. The van der Waals surface area contributed by atoms with Crippen LogP contribution >= 0.6 is 0 Å². The Kier molecular flexibility index (Phi) is 2.65. The van der Waals surface area contributed by atoms with Gasteiger partial charge in [0.05, 0.1) is 0 Å². The molecule has 0 saturated heterocycles. The van der Waals surface area contributed by atoms with Gasteiger partial charge in [-0.15, -0.1) is 0 Å². The van der Waals surface area contributed by atoms with E-state index in [0.29, 0.717) is 0 Å². The van der Waals surface area contributed by atoms with E-state index in [0.717, 1.165) is 22.3 Å². The van der Waals surface area contributed by atoms with Gasteiger partial charge in [-0.05, 0) is 60.4 Å². The molecule has 1 N–H and O–H groups in total. The fraction of sp³-hybridized carbons (Fsp3) is 0.143. The first-order chi connectivity index (χ1) is 7.58. The molecule has 0 fully saturated rings. The number of phenolic OH excluding ortho intramolecular Hbond substituents is 1. The highest BCUT2D eigenvalue weighted by Crippen LogP contribution is 2.27. The summed E-state index contributed by atoms with van der Waals surface area (Å²) in [4.78, 5) is 0. The third-order valence-corrected chi connectivity index (χ3v) is 2.70. The summed E-state index contributed by atoms with van der Waals surface area (Å²) < 4.78 is 13.0. The van der Waals surface area contributed by atoms with Crippen molar-refractivity contribution < 1.29 is 9.50 Å². The Balaban J connectivity index is 2.54. The molecule has 0 spiro atoms. The first kappa shape index (κ1) is 10.7. The summed E-state index contributed by atoms with van der Waals surface area (Å²) in [5, 5.41) is 9.44. The van der Waals surface area contributed by atoms with E-state index in [2.05, 4.69) is 0 Å². The molecule has 0 atom stereocenters. The summed E-state index contributed by atoms with van der Waals surface area (Å²) in [5.41, 5.74) is 3.70. The number of phenols is 1. The Morgan fingerprint density at radius 1 is 0.938 bits per heavy atom. The second-order valence-electron chi connectivity index (χ2n) is 3.96. The molecule has 0 amide bonds. The number of aryl methyl sites for hydroxylation is 2. The summed E-state index contributed by atoms with van der Waals surface area (Å²) >= 11 is 0. The molecular weight excluding hydrogens is 203 g/mol. The first-order valence-corrected chi connectivity index (χ1v) is 5.14. The molecule has 0 radical (unpaired) electrons. The van der Waals surface area contributed by atoms with E-state index in [-0.39, 0.29) is 11.6 Å². The van der Waals surface area contributed by atoms with Crippen molar-refractivity contribution >= 4 is 0 Å². The molecule has 0 aromatic heterocycles. The topological polar surface area (TPSA) is 20.2 Å². The zero-order valence-corrected chi connectivity index (χ0v) is 9.29. The highest BCUT2D eigenvalue weighted by atomic mass is 19.1. The number of hydrogen-bond acceptors (Lipinski definition) is 1. The first-order valence-electron chi connectivity index (χ1n) is 5.14. The van der Waals surface area contributed by atoms with Gasteiger partial charge in [0.2, 0.25) is 0 Å². The van der Waals surface area contributed by atoms with Crippen LogP contribution in [0, 0.1) is 19.7 Å². The van der Waals surface area contributed by atoms with Crippen molar-refractivity contribution in [2.24, 2.45) is 0 Å². The number of halogens is 1. The molecule has 0 bridgehead atoms. The van der Waals surface area contributed by atoms with Crippen molar-refractivity contribution in [2.45, 2.75) is 13.8 Å². The maximum atomic E-state index is 13.0. The molecule has 0 saturated carbocycles. The minimum atomic E-state index is -0.225. The standard InChI is InChI=1S/C14H13FO/c1-9-8-12(15)4-5-13(9)11-3-6-14(16)10(2)7-11/h3-8,16H,1-2H3. The van der Waals surface area contributed by atoms with Crippen LogP contribution in [0.15, 0.2) is 36.4 Å². The third kappa shape index (κ3) is 1.91. The van der Waals surface area contributed by atoms with E-state index in [1.54, 1.807) is 12.1 Å². The monoisotopic (exact) mass is 216 g/mol. The van der Waals surface area contributed by atoms with Gasteiger partial charge in [-0.25, -0.2) is 4.39 Å². The van der Waals surface area contributed by atoms with Crippen LogP contribution in [0.4, 0.5) is 4.39 Å². The number of rotatable bonds is 1. The number of aromatic hydroxyl groups is 1. The van der Waals surface area contributed by atoms with Crippen molar-refractivity contribution in [3.63, 3.8) is 0 Å². The van der Waals surface area contributed by atoms with Crippen LogP contribution in [-0.4, -0.2) is 5.11 Å². The van der Waals surface area contributed by atoms with Gasteiger partial charge in [0, 0.05) is 0 Å². The Bertz CT molecular complexity index is 532. The molecule has 0 heterocycles. The average Bonchev–Trinajstić information content (AvgIpc) is 2.22. The lowest BCUT2D eigenvalue weighted by molar-refractivity contribution is 0.471. The lowest BCUT2D eigenvalue weighted by Crippen LogP contribution is -1.86. The highest BCUT2D eigenvalue weighted by molar-refractivity contribution is 5.68. The van der Waals surface area contributed by atoms with E-state index in [1.165, 1.54) is 12.1 Å². The van der Waals surface area contributed by atoms with E-state index in [4.69, 9.17) is 0 Å². The van der Waals surface area contributed by atoms with Gasteiger partial charge in [-0.3, -0.25) is 0 Å². The van der Waals surface area contributed by atoms with Crippen LogP contribution in [-0.2, 0) is 0 Å². The predicted molar refractivity (Wildman–Crippen MR) is 63.0 cm³/mol. The Hall–Kier alpha value is -1.83. The Labute approximate surface area is 94.2 Å². The van der Waals surface area contributed by atoms with E-state index < -0.39 is 0 Å². The van der Waals surface area contributed by atoms with Crippen molar-refractivity contribution in [3.8, 4) is 16.9 Å². The van der Waals surface area contributed by atoms with Gasteiger partial charge >= 0.3 is 0 Å². The number of hydrogen-bond donors (Lipinski definition) is 1. The van der Waals surface area contributed by atoms with Crippen molar-refractivity contribution in [1.29, 1.82) is 0 Å². The SMILES string of the molecule is Cc1cc(-c2ccc(F)cc2C)ccc1O. The van der Waals surface area contributed by atoms with Crippen LogP contribution in [0.2, 0.25) is 0 Å². The van der Waals surface area contributed by atoms with Crippen LogP contribution in [0.3, 0.4) is 0 Å². The fourth-order valence-corrected chi connectivity index (χ4v) is 1.77. The van der Waals surface area contributed by atoms with Crippen molar-refractivity contribution in [1.82, 2.24) is 0 Å². The molecule has 2 heteroatoms. The minimum Gasteiger partial charge on any atom is -0.508 e. The normalized spacial score (nSPS) is 10.4. The zero-order valence-electron chi connectivity index (χ0n) is 9.29. The summed E-state index contributed by atoms with van der Waals surface area (Å²) in [6, 6.07) is 10.1. The quantitative estimate of drug-likeness (QED) is 0.768. The lowest BCUT2D eigenvalue weighted by Gasteiger charge is -2.08.